The highest BCUT2D eigenvalue weighted by Crippen LogP contribution is 2.15. The van der Waals surface area contributed by atoms with Crippen molar-refractivity contribution in [2.45, 2.75) is 19.9 Å². The molecule has 0 spiro atoms. The van der Waals surface area contributed by atoms with Crippen LogP contribution in [0.2, 0.25) is 0 Å². The fraction of sp³-hybridized carbons (Fsp3) is 0.188. The topological polar surface area (TPSA) is 70.7 Å². The number of pyridine rings is 1. The van der Waals surface area contributed by atoms with Gasteiger partial charge in [-0.15, -0.1) is 0 Å². The molecule has 21 heavy (non-hydrogen) atoms. The number of aromatic nitrogens is 3. The van der Waals surface area contributed by atoms with Gasteiger partial charge in [-0.1, -0.05) is 12.1 Å². The maximum Gasteiger partial charge on any atom is 0.253 e. The van der Waals surface area contributed by atoms with Gasteiger partial charge in [0.25, 0.3) is 5.91 Å². The number of carbonyl (C=O) groups is 1. The molecule has 1 unspecified atom stereocenters. The van der Waals surface area contributed by atoms with Crippen molar-refractivity contribution in [3.63, 3.8) is 0 Å². The van der Waals surface area contributed by atoms with E-state index in [1.54, 1.807) is 12.3 Å². The van der Waals surface area contributed by atoms with E-state index in [1.165, 1.54) is 0 Å². The fourth-order valence-corrected chi connectivity index (χ4v) is 2.13. The minimum absolute atomic E-state index is 0.157. The van der Waals surface area contributed by atoms with Crippen LogP contribution in [0.5, 0.6) is 0 Å². The second-order valence-corrected chi connectivity index (χ2v) is 5.02. The standard InChI is InChI=1S/C16H16N4O/c1-10-7-8-12(9-17-10)16(21)18-11(2)15-19-13-5-3-4-6-14(13)20-15/h3-9,11H,1-2H3,(H,18,21)(H,19,20). The Morgan fingerprint density at radius 3 is 2.76 bits per heavy atom. The molecule has 0 saturated heterocycles. The summed E-state index contributed by atoms with van der Waals surface area (Å²) >= 11 is 0. The number of aromatic amines is 1. The third-order valence-corrected chi connectivity index (χ3v) is 3.34. The molecule has 0 aliphatic rings. The van der Waals surface area contributed by atoms with Crippen LogP contribution < -0.4 is 5.32 Å². The van der Waals surface area contributed by atoms with Gasteiger partial charge in [-0.25, -0.2) is 4.98 Å². The van der Waals surface area contributed by atoms with Crippen molar-refractivity contribution in [3.05, 3.63) is 59.7 Å². The second-order valence-electron chi connectivity index (χ2n) is 5.02. The molecule has 0 aliphatic heterocycles. The summed E-state index contributed by atoms with van der Waals surface area (Å²) in [7, 11) is 0. The fourth-order valence-electron chi connectivity index (χ4n) is 2.13. The SMILES string of the molecule is Cc1ccc(C(=O)NC(C)c2nc3ccccc3[nH]2)cn1. The van der Waals surface area contributed by atoms with Crippen molar-refractivity contribution in [2.75, 3.05) is 0 Å². The average molecular weight is 280 g/mol. The molecule has 2 aromatic heterocycles. The summed E-state index contributed by atoms with van der Waals surface area (Å²) in [6, 6.07) is 11.2. The highest BCUT2D eigenvalue weighted by molar-refractivity contribution is 5.94. The van der Waals surface area contributed by atoms with Crippen molar-refractivity contribution in [2.24, 2.45) is 0 Å². The van der Waals surface area contributed by atoms with Gasteiger partial charge < -0.3 is 10.3 Å². The number of hydrogen-bond donors (Lipinski definition) is 2. The maximum absolute atomic E-state index is 12.2. The number of amides is 1. The number of H-pyrrole nitrogens is 1. The lowest BCUT2D eigenvalue weighted by atomic mass is 10.2. The predicted molar refractivity (Wildman–Crippen MR) is 80.9 cm³/mol. The van der Waals surface area contributed by atoms with Gasteiger partial charge in [0.2, 0.25) is 0 Å². The van der Waals surface area contributed by atoms with Gasteiger partial charge in [0.15, 0.2) is 0 Å². The van der Waals surface area contributed by atoms with E-state index in [1.807, 2.05) is 44.2 Å². The minimum atomic E-state index is -0.203. The van der Waals surface area contributed by atoms with Crippen LogP contribution in [0.4, 0.5) is 0 Å². The predicted octanol–water partition coefficient (Wildman–Crippen LogP) is 2.76. The van der Waals surface area contributed by atoms with E-state index in [0.717, 1.165) is 22.6 Å². The summed E-state index contributed by atoms with van der Waals surface area (Å²) < 4.78 is 0. The van der Waals surface area contributed by atoms with Gasteiger partial charge in [-0.05, 0) is 38.1 Å². The highest BCUT2D eigenvalue weighted by atomic mass is 16.1. The lowest BCUT2D eigenvalue weighted by molar-refractivity contribution is 0.0938. The number of aryl methyl sites for hydroxylation is 1. The molecular weight excluding hydrogens is 264 g/mol. The van der Waals surface area contributed by atoms with Crippen LogP contribution >= 0.6 is 0 Å². The summed E-state index contributed by atoms with van der Waals surface area (Å²) in [5.41, 5.74) is 3.29. The summed E-state index contributed by atoms with van der Waals surface area (Å²) in [6.45, 7) is 3.79. The van der Waals surface area contributed by atoms with Crippen LogP contribution in [0, 0.1) is 6.92 Å². The number of nitrogens with zero attached hydrogens (tertiary/aromatic N) is 2. The summed E-state index contributed by atoms with van der Waals surface area (Å²) in [4.78, 5) is 24.0. The highest BCUT2D eigenvalue weighted by Gasteiger charge is 2.14. The van der Waals surface area contributed by atoms with Crippen molar-refractivity contribution in [1.29, 1.82) is 0 Å². The number of para-hydroxylation sites is 2. The zero-order valence-electron chi connectivity index (χ0n) is 11.9. The first-order valence-corrected chi connectivity index (χ1v) is 6.81. The molecule has 5 nitrogen and oxygen atoms in total. The van der Waals surface area contributed by atoms with Crippen LogP contribution in [-0.2, 0) is 0 Å². The van der Waals surface area contributed by atoms with E-state index in [-0.39, 0.29) is 11.9 Å². The molecule has 2 heterocycles. The van der Waals surface area contributed by atoms with E-state index in [2.05, 4.69) is 20.3 Å². The number of hydrogen-bond acceptors (Lipinski definition) is 3. The maximum atomic E-state index is 12.2. The summed E-state index contributed by atoms with van der Waals surface area (Å²) in [5.74, 6) is 0.583. The molecule has 3 aromatic rings. The van der Waals surface area contributed by atoms with Crippen LogP contribution in [0.3, 0.4) is 0 Å². The van der Waals surface area contributed by atoms with E-state index in [4.69, 9.17) is 0 Å². The average Bonchev–Trinajstić information content (AvgIpc) is 2.92. The molecule has 0 radical (unpaired) electrons. The molecule has 1 amide bonds. The normalized spacial score (nSPS) is 12.3. The van der Waals surface area contributed by atoms with Crippen molar-refractivity contribution in [1.82, 2.24) is 20.3 Å². The van der Waals surface area contributed by atoms with Crippen molar-refractivity contribution in [3.8, 4) is 0 Å². The summed E-state index contributed by atoms with van der Waals surface area (Å²) in [6.07, 6.45) is 1.58. The zero-order valence-corrected chi connectivity index (χ0v) is 11.9. The Kier molecular flexibility index (Phi) is 3.39. The number of imidazole rings is 1. The number of benzene rings is 1. The van der Waals surface area contributed by atoms with E-state index in [9.17, 15) is 4.79 Å². The number of nitrogens with one attached hydrogen (secondary N) is 2. The lowest BCUT2D eigenvalue weighted by Crippen LogP contribution is -2.27. The molecule has 0 bridgehead atoms. The van der Waals surface area contributed by atoms with Gasteiger partial charge in [0, 0.05) is 11.9 Å². The first-order valence-electron chi connectivity index (χ1n) is 6.81. The van der Waals surface area contributed by atoms with Gasteiger partial charge in [0.1, 0.15) is 5.82 Å². The smallest absolute Gasteiger partial charge is 0.253 e. The molecule has 1 aromatic carbocycles. The first kappa shape index (κ1) is 13.3. The van der Waals surface area contributed by atoms with Gasteiger partial charge in [-0.3, -0.25) is 9.78 Å². The molecule has 106 valence electrons. The van der Waals surface area contributed by atoms with Gasteiger partial charge in [-0.2, -0.15) is 0 Å². The number of carbonyl (C=O) groups excluding carboxylic acids is 1. The van der Waals surface area contributed by atoms with Crippen molar-refractivity contribution < 1.29 is 4.79 Å². The summed E-state index contributed by atoms with van der Waals surface area (Å²) in [5, 5.41) is 2.92. The molecule has 0 aliphatic carbocycles. The largest absolute Gasteiger partial charge is 0.342 e. The molecular formula is C16H16N4O. The van der Waals surface area contributed by atoms with E-state index in [0.29, 0.717) is 5.56 Å². The monoisotopic (exact) mass is 280 g/mol. The molecule has 2 N–H and O–H groups in total. The third kappa shape index (κ3) is 2.76. The Labute approximate surface area is 122 Å². The van der Waals surface area contributed by atoms with Gasteiger partial charge >= 0.3 is 0 Å². The minimum Gasteiger partial charge on any atom is -0.342 e. The zero-order chi connectivity index (χ0) is 14.8. The Balaban J connectivity index is 1.77. The second kappa shape index (κ2) is 5.36. The molecule has 0 saturated carbocycles. The van der Waals surface area contributed by atoms with Crippen LogP contribution in [0.1, 0.15) is 34.8 Å². The Morgan fingerprint density at radius 1 is 1.24 bits per heavy atom. The van der Waals surface area contributed by atoms with E-state index >= 15 is 0 Å². The third-order valence-electron chi connectivity index (χ3n) is 3.34. The first-order chi connectivity index (χ1) is 10.1. The van der Waals surface area contributed by atoms with Crippen LogP contribution in [0.15, 0.2) is 42.6 Å². The van der Waals surface area contributed by atoms with Crippen molar-refractivity contribution >= 4 is 16.9 Å². The molecule has 1 atom stereocenters. The van der Waals surface area contributed by atoms with Crippen LogP contribution in [0.25, 0.3) is 11.0 Å². The van der Waals surface area contributed by atoms with Crippen LogP contribution in [-0.4, -0.2) is 20.9 Å². The van der Waals surface area contributed by atoms with E-state index < -0.39 is 0 Å². The molecule has 5 heteroatoms. The number of rotatable bonds is 3. The van der Waals surface area contributed by atoms with Gasteiger partial charge in [0.05, 0.1) is 22.6 Å². The lowest BCUT2D eigenvalue weighted by Gasteiger charge is -2.11. The Hall–Kier alpha value is -2.69. The quantitative estimate of drug-likeness (QED) is 0.775. The Bertz CT molecular complexity index is 743. The number of fused-ring (bicyclic) bond motifs is 1. The Morgan fingerprint density at radius 2 is 2.05 bits per heavy atom. The molecule has 3 rings (SSSR count). The molecule has 0 fully saturated rings.